The van der Waals surface area contributed by atoms with Crippen molar-refractivity contribution in [3.8, 4) is 0 Å². The van der Waals surface area contributed by atoms with Gasteiger partial charge in [0.25, 0.3) is 0 Å². The van der Waals surface area contributed by atoms with Crippen LogP contribution in [0.4, 0.5) is 0 Å². The molecule has 0 radical (unpaired) electrons. The van der Waals surface area contributed by atoms with Gasteiger partial charge in [0.2, 0.25) is 0 Å². The highest BCUT2D eigenvalue weighted by Crippen LogP contribution is 2.03. The van der Waals surface area contributed by atoms with Crippen LogP contribution in [-0.2, 0) is 23.9 Å². The first kappa shape index (κ1) is 21.4. The van der Waals surface area contributed by atoms with Gasteiger partial charge >= 0.3 is 11.9 Å². The molecule has 0 amide bonds. The van der Waals surface area contributed by atoms with Crippen molar-refractivity contribution in [3.63, 3.8) is 0 Å². The molecule has 0 bridgehead atoms. The zero-order valence-corrected chi connectivity index (χ0v) is 14.5. The number of rotatable bonds is 14. The summed E-state index contributed by atoms with van der Waals surface area (Å²) in [4.78, 5) is 34.2. The van der Waals surface area contributed by atoms with Crippen molar-refractivity contribution in [3.05, 3.63) is 12.2 Å². The van der Waals surface area contributed by atoms with Crippen molar-refractivity contribution in [1.82, 2.24) is 0 Å². The van der Waals surface area contributed by atoms with Crippen molar-refractivity contribution < 1.29 is 23.9 Å². The van der Waals surface area contributed by atoms with E-state index in [9.17, 15) is 14.4 Å². The van der Waals surface area contributed by atoms with Crippen molar-refractivity contribution in [2.24, 2.45) is 0 Å². The Bertz CT molecular complexity index is 374. The van der Waals surface area contributed by atoms with Crippen LogP contribution >= 0.6 is 0 Å². The average Bonchev–Trinajstić information content (AvgIpc) is 2.54. The topological polar surface area (TPSA) is 69.7 Å². The summed E-state index contributed by atoms with van der Waals surface area (Å²) in [6, 6.07) is 0. The van der Waals surface area contributed by atoms with Gasteiger partial charge in [-0.3, -0.25) is 4.79 Å². The van der Waals surface area contributed by atoms with Crippen LogP contribution in [0.5, 0.6) is 0 Å². The fourth-order valence-corrected chi connectivity index (χ4v) is 1.91. The number of ether oxygens (including phenoxy) is 2. The van der Waals surface area contributed by atoms with Gasteiger partial charge in [-0.1, -0.05) is 52.4 Å². The standard InChI is InChI=1S/C18H30O5/c1-3-5-7-9-11-16(19)15-23-18(21)13-12-17(20)22-14-10-8-6-4-2/h12-13H,3-11,14-15H2,1-2H3/b13-12+. The van der Waals surface area contributed by atoms with E-state index in [4.69, 9.17) is 9.47 Å². The zero-order valence-electron chi connectivity index (χ0n) is 14.5. The van der Waals surface area contributed by atoms with Crippen molar-refractivity contribution in [2.45, 2.75) is 71.6 Å². The molecule has 0 N–H and O–H groups in total. The molecule has 0 aliphatic rings. The molecule has 0 heterocycles. The average molecular weight is 326 g/mol. The predicted octanol–water partition coefficient (Wildman–Crippen LogP) is 3.75. The highest BCUT2D eigenvalue weighted by molar-refractivity contribution is 5.92. The number of unbranched alkanes of at least 4 members (excludes halogenated alkanes) is 6. The Morgan fingerprint density at radius 2 is 1.30 bits per heavy atom. The Morgan fingerprint density at radius 3 is 1.91 bits per heavy atom. The van der Waals surface area contributed by atoms with Crippen molar-refractivity contribution in [2.75, 3.05) is 13.2 Å². The molecule has 0 aromatic carbocycles. The van der Waals surface area contributed by atoms with Gasteiger partial charge in [0.15, 0.2) is 5.78 Å². The van der Waals surface area contributed by atoms with Crippen LogP contribution < -0.4 is 0 Å². The molecule has 5 nitrogen and oxygen atoms in total. The summed E-state index contributed by atoms with van der Waals surface area (Å²) in [5, 5.41) is 0. The summed E-state index contributed by atoms with van der Waals surface area (Å²) in [6.07, 6.45) is 10.6. The van der Waals surface area contributed by atoms with Crippen LogP contribution in [-0.4, -0.2) is 30.9 Å². The van der Waals surface area contributed by atoms with Gasteiger partial charge in [0, 0.05) is 18.6 Å². The second-order valence-electron chi connectivity index (χ2n) is 5.52. The molecule has 132 valence electrons. The molecule has 23 heavy (non-hydrogen) atoms. The highest BCUT2D eigenvalue weighted by Gasteiger charge is 2.06. The van der Waals surface area contributed by atoms with E-state index in [0.29, 0.717) is 13.0 Å². The van der Waals surface area contributed by atoms with E-state index in [2.05, 4.69) is 13.8 Å². The molecular weight excluding hydrogens is 296 g/mol. The van der Waals surface area contributed by atoms with E-state index in [1.165, 1.54) is 0 Å². The number of ketones is 1. The first-order valence-corrected chi connectivity index (χ1v) is 8.63. The smallest absolute Gasteiger partial charge is 0.331 e. The number of hydrogen-bond donors (Lipinski definition) is 0. The molecule has 0 aromatic rings. The van der Waals surface area contributed by atoms with Gasteiger partial charge in [-0.2, -0.15) is 0 Å². The van der Waals surface area contributed by atoms with E-state index in [-0.39, 0.29) is 12.4 Å². The van der Waals surface area contributed by atoms with Crippen LogP contribution in [0.25, 0.3) is 0 Å². The molecule has 0 unspecified atom stereocenters. The van der Waals surface area contributed by atoms with E-state index in [1.54, 1.807) is 0 Å². The lowest BCUT2D eigenvalue weighted by molar-refractivity contribution is -0.143. The number of hydrogen-bond acceptors (Lipinski definition) is 5. The summed E-state index contributed by atoms with van der Waals surface area (Å²) >= 11 is 0. The van der Waals surface area contributed by atoms with Crippen LogP contribution in [0.15, 0.2) is 12.2 Å². The summed E-state index contributed by atoms with van der Waals surface area (Å²) in [6.45, 7) is 4.33. The van der Waals surface area contributed by atoms with E-state index in [1.807, 2.05) is 0 Å². The van der Waals surface area contributed by atoms with Crippen molar-refractivity contribution >= 4 is 17.7 Å². The lowest BCUT2D eigenvalue weighted by Crippen LogP contribution is -2.12. The molecule has 0 spiro atoms. The molecule has 0 aliphatic carbocycles. The normalized spacial score (nSPS) is 10.7. The summed E-state index contributed by atoms with van der Waals surface area (Å²) in [5.41, 5.74) is 0. The van der Waals surface area contributed by atoms with Gasteiger partial charge in [0.1, 0.15) is 6.61 Å². The Morgan fingerprint density at radius 1 is 0.739 bits per heavy atom. The largest absolute Gasteiger partial charge is 0.463 e. The van der Waals surface area contributed by atoms with Gasteiger partial charge in [-0.25, -0.2) is 9.59 Å². The number of Topliss-reactive ketones (excluding diaryl/α,β-unsaturated/α-hetero) is 1. The van der Waals surface area contributed by atoms with Crippen molar-refractivity contribution in [1.29, 1.82) is 0 Å². The number of esters is 2. The zero-order chi connectivity index (χ0) is 17.3. The fourth-order valence-electron chi connectivity index (χ4n) is 1.91. The number of carbonyl (C=O) groups is 3. The molecule has 5 heteroatoms. The van der Waals surface area contributed by atoms with Gasteiger partial charge < -0.3 is 9.47 Å². The Hall–Kier alpha value is -1.65. The quantitative estimate of drug-likeness (QED) is 0.276. The maximum atomic E-state index is 11.5. The van der Waals surface area contributed by atoms with Crippen LogP contribution in [0.2, 0.25) is 0 Å². The number of carbonyl (C=O) groups excluding carboxylic acids is 3. The van der Waals surface area contributed by atoms with E-state index < -0.39 is 11.9 Å². The third kappa shape index (κ3) is 15.0. The van der Waals surface area contributed by atoms with Gasteiger partial charge in [-0.05, 0) is 12.8 Å². The molecule has 0 saturated carbocycles. The fraction of sp³-hybridized carbons (Fsp3) is 0.722. The molecule has 0 atom stereocenters. The first-order chi connectivity index (χ1) is 11.1. The highest BCUT2D eigenvalue weighted by atomic mass is 16.5. The third-order valence-corrected chi connectivity index (χ3v) is 3.28. The molecule has 0 saturated heterocycles. The molecular formula is C18H30O5. The maximum absolute atomic E-state index is 11.5. The van der Waals surface area contributed by atoms with Gasteiger partial charge in [-0.15, -0.1) is 0 Å². The van der Waals surface area contributed by atoms with Crippen LogP contribution in [0.1, 0.15) is 71.6 Å². The molecule has 0 rings (SSSR count). The minimum Gasteiger partial charge on any atom is -0.463 e. The Labute approximate surface area is 139 Å². The van der Waals surface area contributed by atoms with E-state index in [0.717, 1.165) is 63.5 Å². The Balaban J connectivity index is 3.70. The van der Waals surface area contributed by atoms with Crippen LogP contribution in [0, 0.1) is 0 Å². The molecule has 0 aliphatic heterocycles. The first-order valence-electron chi connectivity index (χ1n) is 8.63. The second kappa shape index (κ2) is 15.3. The molecule has 0 aromatic heterocycles. The van der Waals surface area contributed by atoms with Crippen LogP contribution in [0.3, 0.4) is 0 Å². The second-order valence-corrected chi connectivity index (χ2v) is 5.52. The minimum atomic E-state index is -0.699. The predicted molar refractivity (Wildman–Crippen MR) is 89.0 cm³/mol. The van der Waals surface area contributed by atoms with E-state index >= 15 is 0 Å². The third-order valence-electron chi connectivity index (χ3n) is 3.28. The summed E-state index contributed by atoms with van der Waals surface area (Å²) in [5.74, 6) is -1.36. The summed E-state index contributed by atoms with van der Waals surface area (Å²) < 4.78 is 9.73. The Kier molecular flexibility index (Phi) is 14.2. The lowest BCUT2D eigenvalue weighted by Gasteiger charge is -2.02. The maximum Gasteiger partial charge on any atom is 0.331 e. The summed E-state index contributed by atoms with van der Waals surface area (Å²) in [7, 11) is 0. The SMILES string of the molecule is CCCCCCOC(=O)/C=C/C(=O)OCC(=O)CCCCCC. The molecule has 0 fully saturated rings. The monoisotopic (exact) mass is 326 g/mol. The lowest BCUT2D eigenvalue weighted by atomic mass is 10.1. The minimum absolute atomic E-state index is 0.0960. The van der Waals surface area contributed by atoms with Gasteiger partial charge in [0.05, 0.1) is 6.61 Å².